The van der Waals surface area contributed by atoms with Crippen LogP contribution >= 0.6 is 0 Å². The number of carboxylic acids is 1. The van der Waals surface area contributed by atoms with Crippen molar-refractivity contribution in [1.82, 2.24) is 4.98 Å². The van der Waals surface area contributed by atoms with Crippen LogP contribution in [0.1, 0.15) is 10.4 Å². The van der Waals surface area contributed by atoms with Gasteiger partial charge in [0, 0.05) is 18.0 Å². The Morgan fingerprint density at radius 2 is 1.95 bits per heavy atom. The number of hydrogen-bond acceptors (Lipinski definition) is 5. The SMILES string of the molecule is O=C(O)c1ccc(Nc2cc([N+](=O)[O-])ccn2)cc1. The van der Waals surface area contributed by atoms with Crippen molar-refractivity contribution in [2.24, 2.45) is 0 Å². The number of hydrogen-bond donors (Lipinski definition) is 2. The molecule has 0 fully saturated rings. The van der Waals surface area contributed by atoms with Crippen LogP contribution in [-0.2, 0) is 0 Å². The van der Waals surface area contributed by atoms with Crippen LogP contribution in [0.5, 0.6) is 0 Å². The first-order chi connectivity index (χ1) is 9.06. The number of rotatable bonds is 4. The van der Waals surface area contributed by atoms with Gasteiger partial charge in [0.15, 0.2) is 0 Å². The third kappa shape index (κ3) is 3.03. The van der Waals surface area contributed by atoms with Gasteiger partial charge in [-0.1, -0.05) is 0 Å². The Morgan fingerprint density at radius 3 is 2.53 bits per heavy atom. The average molecular weight is 259 g/mol. The van der Waals surface area contributed by atoms with E-state index in [4.69, 9.17) is 5.11 Å². The summed E-state index contributed by atoms with van der Waals surface area (Å²) < 4.78 is 0. The molecule has 1 aromatic heterocycles. The molecule has 2 rings (SSSR count). The summed E-state index contributed by atoms with van der Waals surface area (Å²) in [6.45, 7) is 0. The minimum absolute atomic E-state index is 0.0698. The molecule has 0 aliphatic carbocycles. The van der Waals surface area contributed by atoms with E-state index in [1.165, 1.54) is 30.5 Å². The van der Waals surface area contributed by atoms with Crippen LogP contribution in [0.2, 0.25) is 0 Å². The highest BCUT2D eigenvalue weighted by atomic mass is 16.6. The van der Waals surface area contributed by atoms with Gasteiger partial charge in [-0.2, -0.15) is 0 Å². The lowest BCUT2D eigenvalue weighted by molar-refractivity contribution is -0.384. The van der Waals surface area contributed by atoms with Gasteiger partial charge in [0.05, 0.1) is 16.6 Å². The number of carboxylic acid groups (broad SMARTS) is 1. The lowest BCUT2D eigenvalue weighted by Gasteiger charge is -2.05. The molecule has 1 aromatic carbocycles. The first-order valence-corrected chi connectivity index (χ1v) is 5.27. The van der Waals surface area contributed by atoms with Crippen LogP contribution in [-0.4, -0.2) is 21.0 Å². The summed E-state index contributed by atoms with van der Waals surface area (Å²) in [4.78, 5) is 24.7. The summed E-state index contributed by atoms with van der Waals surface area (Å²) in [5.74, 6) is -0.697. The van der Waals surface area contributed by atoms with E-state index in [1.54, 1.807) is 12.1 Å². The Morgan fingerprint density at radius 1 is 1.26 bits per heavy atom. The third-order valence-corrected chi connectivity index (χ3v) is 2.36. The zero-order valence-electron chi connectivity index (χ0n) is 9.61. The zero-order valence-corrected chi connectivity index (χ0v) is 9.61. The third-order valence-electron chi connectivity index (χ3n) is 2.36. The standard InChI is InChI=1S/C12H9N3O4/c16-12(17)8-1-3-9(4-2-8)14-11-7-10(15(18)19)5-6-13-11/h1-7H,(H,13,14)(H,16,17). The monoisotopic (exact) mass is 259 g/mol. The van der Waals surface area contributed by atoms with E-state index in [0.717, 1.165) is 0 Å². The summed E-state index contributed by atoms with van der Waals surface area (Å²) in [6.07, 6.45) is 1.33. The van der Waals surface area contributed by atoms with Crippen molar-refractivity contribution >= 4 is 23.2 Å². The Bertz CT molecular complexity index is 625. The molecule has 7 heteroatoms. The molecule has 0 saturated carbocycles. The number of benzene rings is 1. The number of nitro groups is 1. The van der Waals surface area contributed by atoms with Gasteiger partial charge in [0.25, 0.3) is 5.69 Å². The predicted octanol–water partition coefficient (Wildman–Crippen LogP) is 2.43. The highest BCUT2D eigenvalue weighted by Gasteiger charge is 2.07. The number of anilines is 2. The molecule has 7 nitrogen and oxygen atoms in total. The Kier molecular flexibility index (Phi) is 3.37. The summed E-state index contributed by atoms with van der Waals surface area (Å²) in [6, 6.07) is 8.57. The number of carbonyl (C=O) groups is 1. The van der Waals surface area contributed by atoms with Crippen molar-refractivity contribution < 1.29 is 14.8 Å². The molecule has 2 N–H and O–H groups in total. The van der Waals surface area contributed by atoms with Gasteiger partial charge in [0.2, 0.25) is 0 Å². The fourth-order valence-corrected chi connectivity index (χ4v) is 1.45. The van der Waals surface area contributed by atoms with Gasteiger partial charge in [0.1, 0.15) is 5.82 Å². The normalized spacial score (nSPS) is 9.89. The molecule has 2 aromatic rings. The molecule has 0 atom stereocenters. The minimum atomic E-state index is -1.01. The zero-order chi connectivity index (χ0) is 13.8. The molecule has 1 heterocycles. The Labute approximate surface area is 107 Å². The van der Waals surface area contributed by atoms with E-state index < -0.39 is 10.9 Å². The van der Waals surface area contributed by atoms with Gasteiger partial charge in [-0.05, 0) is 24.3 Å². The lowest BCUT2D eigenvalue weighted by Crippen LogP contribution is -1.98. The van der Waals surface area contributed by atoms with Crippen LogP contribution in [0.3, 0.4) is 0 Å². The second-order valence-electron chi connectivity index (χ2n) is 3.66. The van der Waals surface area contributed by atoms with Crippen molar-refractivity contribution in [1.29, 1.82) is 0 Å². The van der Waals surface area contributed by atoms with Crippen molar-refractivity contribution in [3.8, 4) is 0 Å². The van der Waals surface area contributed by atoms with E-state index in [-0.39, 0.29) is 11.3 Å². The van der Waals surface area contributed by atoms with Crippen LogP contribution in [0.4, 0.5) is 17.2 Å². The van der Waals surface area contributed by atoms with Crippen LogP contribution in [0.25, 0.3) is 0 Å². The molecule has 0 spiro atoms. The molecule has 96 valence electrons. The van der Waals surface area contributed by atoms with Gasteiger partial charge >= 0.3 is 5.97 Å². The Balaban J connectivity index is 2.19. The van der Waals surface area contributed by atoms with E-state index in [2.05, 4.69) is 10.3 Å². The number of nitrogens with one attached hydrogen (secondary N) is 1. The summed E-state index contributed by atoms with van der Waals surface area (Å²) in [5, 5.41) is 22.2. The largest absolute Gasteiger partial charge is 0.478 e. The second kappa shape index (κ2) is 5.13. The average Bonchev–Trinajstić information content (AvgIpc) is 2.39. The quantitative estimate of drug-likeness (QED) is 0.645. The molecule has 0 saturated heterocycles. The summed E-state index contributed by atoms with van der Waals surface area (Å²) >= 11 is 0. The van der Waals surface area contributed by atoms with Gasteiger partial charge in [-0.3, -0.25) is 10.1 Å². The van der Waals surface area contributed by atoms with Crippen molar-refractivity contribution in [2.45, 2.75) is 0 Å². The highest BCUT2D eigenvalue weighted by molar-refractivity contribution is 5.88. The van der Waals surface area contributed by atoms with E-state index >= 15 is 0 Å². The molecule has 0 aliphatic heterocycles. The van der Waals surface area contributed by atoms with Gasteiger partial charge in [-0.25, -0.2) is 9.78 Å². The van der Waals surface area contributed by atoms with Gasteiger partial charge < -0.3 is 10.4 Å². The van der Waals surface area contributed by atoms with Crippen LogP contribution < -0.4 is 5.32 Å². The highest BCUT2D eigenvalue weighted by Crippen LogP contribution is 2.19. The number of aromatic carboxylic acids is 1. The molecule has 0 radical (unpaired) electrons. The molecule has 0 unspecified atom stereocenters. The van der Waals surface area contributed by atoms with Crippen LogP contribution in [0, 0.1) is 10.1 Å². The number of pyridine rings is 1. The minimum Gasteiger partial charge on any atom is -0.478 e. The molecule has 19 heavy (non-hydrogen) atoms. The summed E-state index contributed by atoms with van der Waals surface area (Å²) in [7, 11) is 0. The van der Waals surface area contributed by atoms with Gasteiger partial charge in [-0.15, -0.1) is 0 Å². The lowest BCUT2D eigenvalue weighted by atomic mass is 10.2. The molecule has 0 bridgehead atoms. The fourth-order valence-electron chi connectivity index (χ4n) is 1.45. The number of nitrogens with zero attached hydrogens (tertiary/aromatic N) is 2. The first kappa shape index (κ1) is 12.5. The molecule has 0 amide bonds. The van der Waals surface area contributed by atoms with Crippen molar-refractivity contribution in [3.05, 3.63) is 58.3 Å². The maximum atomic E-state index is 10.7. The predicted molar refractivity (Wildman–Crippen MR) is 67.6 cm³/mol. The second-order valence-corrected chi connectivity index (χ2v) is 3.66. The van der Waals surface area contributed by atoms with Crippen LogP contribution in [0.15, 0.2) is 42.6 Å². The topological polar surface area (TPSA) is 105 Å². The molecular weight excluding hydrogens is 250 g/mol. The van der Waals surface area contributed by atoms with E-state index in [0.29, 0.717) is 11.5 Å². The molecule has 0 aliphatic rings. The summed E-state index contributed by atoms with van der Waals surface area (Å²) in [5.41, 5.74) is 0.690. The van der Waals surface area contributed by atoms with E-state index in [9.17, 15) is 14.9 Å². The van der Waals surface area contributed by atoms with E-state index in [1.807, 2.05) is 0 Å². The first-order valence-electron chi connectivity index (χ1n) is 5.27. The molecular formula is C12H9N3O4. The maximum absolute atomic E-state index is 10.7. The number of aromatic nitrogens is 1. The maximum Gasteiger partial charge on any atom is 0.335 e. The van der Waals surface area contributed by atoms with Crippen molar-refractivity contribution in [2.75, 3.05) is 5.32 Å². The van der Waals surface area contributed by atoms with Crippen molar-refractivity contribution in [3.63, 3.8) is 0 Å². The Hall–Kier alpha value is -2.96. The smallest absolute Gasteiger partial charge is 0.335 e. The fraction of sp³-hybridized carbons (Fsp3) is 0.